The summed E-state index contributed by atoms with van der Waals surface area (Å²) in [4.78, 5) is 13.0. The number of H-pyrrole nitrogens is 1. The fourth-order valence-electron chi connectivity index (χ4n) is 1.71. The van der Waals surface area contributed by atoms with Crippen LogP contribution < -0.4 is 0 Å². The molecule has 1 aromatic heterocycles. The lowest BCUT2D eigenvalue weighted by atomic mass is 10.2. The highest BCUT2D eigenvalue weighted by atomic mass is 32.2. The van der Waals surface area contributed by atoms with Crippen LogP contribution in [0.5, 0.6) is 0 Å². The van der Waals surface area contributed by atoms with Crippen molar-refractivity contribution < 1.29 is 4.79 Å². The molecule has 2 saturated heterocycles. The number of amides is 1. The molecule has 1 unspecified atom stereocenters. The Balaban J connectivity index is 1.80. The van der Waals surface area contributed by atoms with Gasteiger partial charge in [-0.15, -0.1) is 11.8 Å². The molecule has 2 aliphatic rings. The highest BCUT2D eigenvalue weighted by Crippen LogP contribution is 2.46. The van der Waals surface area contributed by atoms with E-state index in [1.165, 1.54) is 0 Å². The number of nitrogens with zero attached hydrogens (tertiary/aromatic N) is 3. The van der Waals surface area contributed by atoms with Crippen molar-refractivity contribution in [3.8, 4) is 0 Å². The average molecular weight is 196 g/mol. The van der Waals surface area contributed by atoms with Gasteiger partial charge in [-0.25, -0.2) is 0 Å². The molecular weight excluding hydrogens is 188 g/mol. The second kappa shape index (κ2) is 2.47. The maximum Gasteiger partial charge on any atom is 0.226 e. The second-order valence-electron chi connectivity index (χ2n) is 3.22. The van der Waals surface area contributed by atoms with Gasteiger partial charge in [-0.05, 0) is 0 Å². The molecule has 68 valence electrons. The third-order valence-electron chi connectivity index (χ3n) is 2.46. The zero-order valence-electron chi connectivity index (χ0n) is 6.80. The van der Waals surface area contributed by atoms with Crippen molar-refractivity contribution in [2.45, 2.75) is 17.0 Å². The predicted octanol–water partition coefficient (Wildman–Crippen LogP) is 0.151. The zero-order valence-corrected chi connectivity index (χ0v) is 7.62. The van der Waals surface area contributed by atoms with Gasteiger partial charge in [0.25, 0.3) is 0 Å². The van der Waals surface area contributed by atoms with Gasteiger partial charge in [-0.1, -0.05) is 0 Å². The van der Waals surface area contributed by atoms with Crippen LogP contribution in [0.2, 0.25) is 0 Å². The summed E-state index contributed by atoms with van der Waals surface area (Å²) in [7, 11) is 0. The van der Waals surface area contributed by atoms with Crippen LogP contribution in [-0.4, -0.2) is 38.1 Å². The van der Waals surface area contributed by atoms with Crippen LogP contribution in [0.1, 0.15) is 17.4 Å². The van der Waals surface area contributed by atoms with Gasteiger partial charge >= 0.3 is 0 Å². The van der Waals surface area contributed by atoms with Crippen molar-refractivity contribution in [1.82, 2.24) is 20.3 Å². The van der Waals surface area contributed by atoms with Crippen molar-refractivity contribution in [2.75, 3.05) is 6.54 Å². The zero-order chi connectivity index (χ0) is 8.84. The van der Waals surface area contributed by atoms with Crippen LogP contribution in [0.15, 0.2) is 6.20 Å². The van der Waals surface area contributed by atoms with E-state index in [1.807, 2.05) is 4.90 Å². The van der Waals surface area contributed by atoms with Crippen LogP contribution >= 0.6 is 11.8 Å². The molecule has 1 amide bonds. The average Bonchev–Trinajstić information content (AvgIpc) is 2.69. The van der Waals surface area contributed by atoms with Gasteiger partial charge in [-0.2, -0.15) is 15.4 Å². The van der Waals surface area contributed by atoms with E-state index in [0.717, 1.165) is 12.2 Å². The first kappa shape index (κ1) is 7.37. The fourth-order valence-corrected chi connectivity index (χ4v) is 3.17. The minimum absolute atomic E-state index is 0.267. The van der Waals surface area contributed by atoms with Crippen LogP contribution in [0, 0.1) is 0 Å². The Morgan fingerprint density at radius 2 is 2.62 bits per heavy atom. The minimum atomic E-state index is 0.267. The lowest BCUT2D eigenvalue weighted by molar-refractivity contribution is -0.140. The van der Waals surface area contributed by atoms with Gasteiger partial charge in [0, 0.05) is 6.54 Å². The highest BCUT2D eigenvalue weighted by molar-refractivity contribution is 8.00. The van der Waals surface area contributed by atoms with Crippen molar-refractivity contribution in [2.24, 2.45) is 0 Å². The molecule has 6 heteroatoms. The van der Waals surface area contributed by atoms with Crippen LogP contribution in [0.3, 0.4) is 0 Å². The van der Waals surface area contributed by atoms with E-state index in [9.17, 15) is 4.79 Å². The Morgan fingerprint density at radius 1 is 1.69 bits per heavy atom. The molecule has 0 radical (unpaired) electrons. The number of nitrogens with one attached hydrogen (secondary N) is 1. The van der Waals surface area contributed by atoms with E-state index >= 15 is 0 Å². The number of hydrogen-bond donors (Lipinski definition) is 1. The molecule has 3 rings (SSSR count). The lowest BCUT2D eigenvalue weighted by Crippen LogP contribution is -2.46. The summed E-state index contributed by atoms with van der Waals surface area (Å²) >= 11 is 1.80. The molecule has 0 bridgehead atoms. The summed E-state index contributed by atoms with van der Waals surface area (Å²) in [5.74, 6) is 0.267. The van der Waals surface area contributed by atoms with Gasteiger partial charge < -0.3 is 4.90 Å². The van der Waals surface area contributed by atoms with Crippen molar-refractivity contribution in [3.05, 3.63) is 11.9 Å². The summed E-state index contributed by atoms with van der Waals surface area (Å²) in [6.07, 6.45) is 2.42. The lowest BCUT2D eigenvalue weighted by Gasteiger charge is -2.32. The molecule has 0 aliphatic carbocycles. The van der Waals surface area contributed by atoms with Crippen molar-refractivity contribution in [1.29, 1.82) is 0 Å². The number of aromatic nitrogens is 3. The standard InChI is InChI=1S/C7H8N4OS/c12-6-1-7-11(6)3-5(13-7)4-2-8-10-9-4/h2,5,7H,1,3H2,(H,8,9,10)/t5?,7-/m1/s1. The molecule has 0 spiro atoms. The Bertz CT molecular complexity index is 338. The Labute approximate surface area is 78.9 Å². The number of thioether (sulfide) groups is 1. The van der Waals surface area contributed by atoms with E-state index in [2.05, 4.69) is 15.4 Å². The molecule has 5 nitrogen and oxygen atoms in total. The van der Waals surface area contributed by atoms with Gasteiger partial charge in [0.15, 0.2) is 0 Å². The maximum absolute atomic E-state index is 11.1. The SMILES string of the molecule is O=C1C[C@H]2SC(c3cn[nH]n3)CN12. The Hall–Kier alpha value is -1.04. The predicted molar refractivity (Wildman–Crippen MR) is 46.8 cm³/mol. The van der Waals surface area contributed by atoms with Crippen LogP contribution in [0.25, 0.3) is 0 Å². The summed E-state index contributed by atoms with van der Waals surface area (Å²) in [5, 5.41) is 11.1. The molecule has 3 heterocycles. The molecule has 0 aromatic carbocycles. The maximum atomic E-state index is 11.1. The van der Waals surface area contributed by atoms with Crippen LogP contribution in [-0.2, 0) is 4.79 Å². The molecule has 0 saturated carbocycles. The molecule has 13 heavy (non-hydrogen) atoms. The van der Waals surface area contributed by atoms with Crippen molar-refractivity contribution in [3.63, 3.8) is 0 Å². The normalized spacial score (nSPS) is 31.7. The molecule has 1 N–H and O–H groups in total. The number of rotatable bonds is 1. The third-order valence-corrected chi connectivity index (χ3v) is 3.92. The van der Waals surface area contributed by atoms with Gasteiger partial charge in [0.2, 0.25) is 5.91 Å². The first-order valence-electron chi connectivity index (χ1n) is 4.15. The van der Waals surface area contributed by atoms with Gasteiger partial charge in [0.1, 0.15) is 0 Å². The largest absolute Gasteiger partial charge is 0.329 e. The first-order chi connectivity index (χ1) is 6.34. The minimum Gasteiger partial charge on any atom is -0.329 e. The quantitative estimate of drug-likeness (QED) is 0.649. The van der Waals surface area contributed by atoms with Crippen LogP contribution in [0.4, 0.5) is 0 Å². The second-order valence-corrected chi connectivity index (χ2v) is 4.61. The Morgan fingerprint density at radius 3 is 3.23 bits per heavy atom. The van der Waals surface area contributed by atoms with Gasteiger partial charge in [0.05, 0.1) is 28.9 Å². The van der Waals surface area contributed by atoms with E-state index in [0.29, 0.717) is 17.0 Å². The molecule has 1 aromatic rings. The monoisotopic (exact) mass is 196 g/mol. The smallest absolute Gasteiger partial charge is 0.226 e. The first-order valence-corrected chi connectivity index (χ1v) is 5.09. The van der Waals surface area contributed by atoms with E-state index < -0.39 is 0 Å². The van der Waals surface area contributed by atoms with E-state index in [1.54, 1.807) is 18.0 Å². The number of fused-ring (bicyclic) bond motifs is 1. The summed E-state index contributed by atoms with van der Waals surface area (Å²) in [5.41, 5.74) is 0.951. The summed E-state index contributed by atoms with van der Waals surface area (Å²) < 4.78 is 0. The number of carbonyl (C=O) groups is 1. The number of carbonyl (C=O) groups excluding carboxylic acids is 1. The molecular formula is C7H8N4OS. The Kier molecular flexibility index (Phi) is 1.40. The molecule has 2 fully saturated rings. The van der Waals surface area contributed by atoms with Crippen molar-refractivity contribution >= 4 is 17.7 Å². The third kappa shape index (κ3) is 0.980. The molecule has 2 atom stereocenters. The summed E-state index contributed by atoms with van der Waals surface area (Å²) in [6, 6.07) is 0. The van der Waals surface area contributed by atoms with Gasteiger partial charge in [-0.3, -0.25) is 4.79 Å². The number of aromatic amines is 1. The number of hydrogen-bond acceptors (Lipinski definition) is 4. The topological polar surface area (TPSA) is 61.9 Å². The molecule has 2 aliphatic heterocycles. The highest BCUT2D eigenvalue weighted by Gasteiger charge is 2.45. The van der Waals surface area contributed by atoms with E-state index in [-0.39, 0.29) is 5.91 Å². The summed E-state index contributed by atoms with van der Waals surface area (Å²) in [6.45, 7) is 0.792. The van der Waals surface area contributed by atoms with E-state index in [4.69, 9.17) is 0 Å². The fraction of sp³-hybridized carbons (Fsp3) is 0.571. The number of β-lactam (4-membered cyclic amide) rings is 1.